The Kier molecular flexibility index (Phi) is 10.6. The zero-order chi connectivity index (χ0) is 21.1. The highest BCUT2D eigenvalue weighted by atomic mass is 32.2. The van der Waals surface area contributed by atoms with E-state index in [2.05, 4.69) is 10.6 Å². The van der Waals surface area contributed by atoms with Gasteiger partial charge in [-0.1, -0.05) is 44.2 Å². The average Bonchev–Trinajstić information content (AvgIpc) is 2.64. The Morgan fingerprint density at radius 3 is 2.21 bits per heavy atom. The van der Waals surface area contributed by atoms with Crippen LogP contribution in [0.4, 0.5) is 0 Å². The summed E-state index contributed by atoms with van der Waals surface area (Å²) in [4.78, 5) is 36.6. The predicted octanol–water partition coefficient (Wildman–Crippen LogP) is 1.41. The Hall–Kier alpha value is -2.06. The van der Waals surface area contributed by atoms with Crippen molar-refractivity contribution in [1.82, 2.24) is 10.6 Å². The highest BCUT2D eigenvalue weighted by molar-refractivity contribution is 7.98. The van der Waals surface area contributed by atoms with Crippen LogP contribution in [0.3, 0.4) is 0 Å². The van der Waals surface area contributed by atoms with Crippen molar-refractivity contribution in [2.45, 2.75) is 51.2 Å². The van der Waals surface area contributed by atoms with Crippen molar-refractivity contribution in [1.29, 1.82) is 0 Å². The first-order valence-electron chi connectivity index (χ1n) is 9.36. The Morgan fingerprint density at radius 1 is 1.07 bits per heavy atom. The lowest BCUT2D eigenvalue weighted by atomic mass is 10.0. The SMILES string of the molecule is CSCCC(NC(=O)C(N)CC(C)C)C(=O)NC(Cc1ccccc1)C(=O)O. The number of thioether (sulfide) groups is 1. The van der Waals surface area contributed by atoms with Crippen molar-refractivity contribution in [2.75, 3.05) is 12.0 Å². The molecular weight excluding hydrogens is 378 g/mol. The molecule has 1 rings (SSSR count). The minimum atomic E-state index is -1.12. The highest BCUT2D eigenvalue weighted by Crippen LogP contribution is 2.07. The standard InChI is InChI=1S/C20H31N3O4S/c1-13(2)11-15(21)18(24)22-16(9-10-28-3)19(25)23-17(20(26)27)12-14-7-5-4-6-8-14/h4-8,13,15-17H,9-12,21H2,1-3H3,(H,22,24)(H,23,25)(H,26,27). The topological polar surface area (TPSA) is 122 Å². The summed E-state index contributed by atoms with van der Waals surface area (Å²) in [6, 6.07) is 6.47. The van der Waals surface area contributed by atoms with Gasteiger partial charge in [0.2, 0.25) is 11.8 Å². The molecule has 0 aliphatic heterocycles. The van der Waals surface area contributed by atoms with E-state index in [1.54, 1.807) is 23.9 Å². The maximum absolute atomic E-state index is 12.7. The maximum Gasteiger partial charge on any atom is 0.326 e. The first-order chi connectivity index (χ1) is 13.2. The fourth-order valence-corrected chi connectivity index (χ4v) is 3.19. The van der Waals surface area contributed by atoms with Gasteiger partial charge in [0, 0.05) is 6.42 Å². The van der Waals surface area contributed by atoms with E-state index in [4.69, 9.17) is 5.73 Å². The zero-order valence-corrected chi connectivity index (χ0v) is 17.5. The zero-order valence-electron chi connectivity index (χ0n) is 16.7. The predicted molar refractivity (Wildman–Crippen MR) is 112 cm³/mol. The molecule has 0 radical (unpaired) electrons. The summed E-state index contributed by atoms with van der Waals surface area (Å²) in [7, 11) is 0. The summed E-state index contributed by atoms with van der Waals surface area (Å²) < 4.78 is 0. The molecular formula is C20H31N3O4S. The van der Waals surface area contributed by atoms with E-state index in [0.717, 1.165) is 5.56 Å². The second-order valence-corrected chi connectivity index (χ2v) is 8.15. The smallest absolute Gasteiger partial charge is 0.326 e. The molecule has 2 amide bonds. The van der Waals surface area contributed by atoms with Gasteiger partial charge in [0.15, 0.2) is 0 Å². The van der Waals surface area contributed by atoms with Crippen molar-refractivity contribution >= 4 is 29.5 Å². The van der Waals surface area contributed by atoms with E-state index in [0.29, 0.717) is 18.6 Å². The molecule has 1 aromatic rings. The molecule has 3 atom stereocenters. The molecule has 3 unspecified atom stereocenters. The average molecular weight is 410 g/mol. The molecule has 0 heterocycles. The number of nitrogens with one attached hydrogen (secondary N) is 2. The van der Waals surface area contributed by atoms with Crippen LogP contribution in [0.15, 0.2) is 30.3 Å². The first-order valence-corrected chi connectivity index (χ1v) is 10.8. The van der Waals surface area contributed by atoms with Gasteiger partial charge in [-0.05, 0) is 36.3 Å². The third-order valence-corrected chi connectivity index (χ3v) is 4.85. The largest absolute Gasteiger partial charge is 0.480 e. The molecule has 0 aromatic heterocycles. The summed E-state index contributed by atoms with van der Waals surface area (Å²) in [6.45, 7) is 3.93. The molecule has 5 N–H and O–H groups in total. The number of carbonyl (C=O) groups is 3. The molecule has 0 saturated carbocycles. The van der Waals surface area contributed by atoms with Crippen LogP contribution >= 0.6 is 11.8 Å². The van der Waals surface area contributed by atoms with E-state index in [1.165, 1.54) is 0 Å². The third-order valence-electron chi connectivity index (χ3n) is 4.20. The van der Waals surface area contributed by atoms with Gasteiger partial charge < -0.3 is 21.5 Å². The van der Waals surface area contributed by atoms with Gasteiger partial charge in [-0.3, -0.25) is 9.59 Å². The number of benzene rings is 1. The van der Waals surface area contributed by atoms with E-state index in [-0.39, 0.29) is 12.3 Å². The minimum absolute atomic E-state index is 0.165. The third kappa shape index (κ3) is 8.75. The van der Waals surface area contributed by atoms with Crippen molar-refractivity contribution in [2.24, 2.45) is 11.7 Å². The van der Waals surface area contributed by atoms with Crippen molar-refractivity contribution in [3.63, 3.8) is 0 Å². The summed E-state index contributed by atoms with van der Waals surface area (Å²) in [5.74, 6) is -1.13. The Balaban J connectivity index is 2.80. The van der Waals surface area contributed by atoms with Crippen LogP contribution in [-0.4, -0.2) is 53.0 Å². The van der Waals surface area contributed by atoms with E-state index in [9.17, 15) is 19.5 Å². The van der Waals surface area contributed by atoms with Crippen LogP contribution in [0.1, 0.15) is 32.3 Å². The summed E-state index contributed by atoms with van der Waals surface area (Å²) in [6.07, 6.45) is 2.97. The molecule has 0 aliphatic carbocycles. The first kappa shape index (κ1) is 24.0. The number of hydrogen-bond donors (Lipinski definition) is 4. The number of aliphatic carboxylic acids is 1. The number of carboxylic acid groups (broad SMARTS) is 1. The Labute approximate surface area is 170 Å². The van der Waals surface area contributed by atoms with Gasteiger partial charge in [-0.15, -0.1) is 0 Å². The maximum atomic E-state index is 12.7. The molecule has 0 fully saturated rings. The van der Waals surface area contributed by atoms with E-state index in [1.807, 2.05) is 38.3 Å². The van der Waals surface area contributed by atoms with Crippen LogP contribution in [0.2, 0.25) is 0 Å². The van der Waals surface area contributed by atoms with Gasteiger partial charge in [0.1, 0.15) is 12.1 Å². The Morgan fingerprint density at radius 2 is 1.68 bits per heavy atom. The lowest BCUT2D eigenvalue weighted by Gasteiger charge is -2.23. The molecule has 0 bridgehead atoms. The summed E-state index contributed by atoms with van der Waals surface area (Å²) in [5, 5.41) is 14.7. The fourth-order valence-electron chi connectivity index (χ4n) is 2.72. The van der Waals surface area contributed by atoms with Gasteiger partial charge in [0.25, 0.3) is 0 Å². The van der Waals surface area contributed by atoms with E-state index >= 15 is 0 Å². The molecule has 0 spiro atoms. The molecule has 156 valence electrons. The van der Waals surface area contributed by atoms with Crippen LogP contribution < -0.4 is 16.4 Å². The molecule has 7 nitrogen and oxygen atoms in total. The molecule has 0 aliphatic rings. The monoisotopic (exact) mass is 409 g/mol. The van der Waals surface area contributed by atoms with E-state index < -0.39 is 35.9 Å². The molecule has 0 saturated heterocycles. The van der Waals surface area contributed by atoms with Crippen molar-refractivity contribution < 1.29 is 19.5 Å². The quantitative estimate of drug-likeness (QED) is 0.414. The van der Waals surface area contributed by atoms with Crippen LogP contribution in [0, 0.1) is 5.92 Å². The lowest BCUT2D eigenvalue weighted by Crippen LogP contribution is -2.55. The molecule has 1 aromatic carbocycles. The number of rotatable bonds is 12. The summed E-state index contributed by atoms with van der Waals surface area (Å²) in [5.41, 5.74) is 6.71. The second kappa shape index (κ2) is 12.4. The number of carbonyl (C=O) groups excluding carboxylic acids is 2. The molecule has 8 heteroatoms. The van der Waals surface area contributed by atoms with Gasteiger partial charge >= 0.3 is 5.97 Å². The van der Waals surface area contributed by atoms with Crippen molar-refractivity contribution in [3.8, 4) is 0 Å². The van der Waals surface area contributed by atoms with Crippen molar-refractivity contribution in [3.05, 3.63) is 35.9 Å². The number of hydrogen-bond acceptors (Lipinski definition) is 5. The highest BCUT2D eigenvalue weighted by Gasteiger charge is 2.28. The summed E-state index contributed by atoms with van der Waals surface area (Å²) >= 11 is 1.54. The normalized spacial score (nSPS) is 14.2. The van der Waals surface area contributed by atoms with Crippen LogP contribution in [-0.2, 0) is 20.8 Å². The number of carboxylic acids is 1. The number of amides is 2. The molecule has 28 heavy (non-hydrogen) atoms. The Bertz CT molecular complexity index is 640. The number of nitrogens with two attached hydrogens (primary N) is 1. The van der Waals surface area contributed by atoms with Gasteiger partial charge in [-0.25, -0.2) is 4.79 Å². The lowest BCUT2D eigenvalue weighted by molar-refractivity contribution is -0.142. The van der Waals surface area contributed by atoms with Crippen LogP contribution in [0.25, 0.3) is 0 Å². The van der Waals surface area contributed by atoms with Crippen LogP contribution in [0.5, 0.6) is 0 Å². The van der Waals surface area contributed by atoms with Gasteiger partial charge in [-0.2, -0.15) is 11.8 Å². The second-order valence-electron chi connectivity index (χ2n) is 7.17. The minimum Gasteiger partial charge on any atom is -0.480 e. The fraction of sp³-hybridized carbons (Fsp3) is 0.550. The van der Waals surface area contributed by atoms with Gasteiger partial charge in [0.05, 0.1) is 6.04 Å².